The molecule has 2 heterocycles. The number of piperidine rings is 1. The second-order valence-corrected chi connectivity index (χ2v) is 7.71. The van der Waals surface area contributed by atoms with E-state index in [1.807, 2.05) is 37.4 Å². The highest BCUT2D eigenvalue weighted by Crippen LogP contribution is 2.36. The fourth-order valence-corrected chi connectivity index (χ4v) is 4.36. The zero-order chi connectivity index (χ0) is 20.2. The maximum Gasteiger partial charge on any atom is 0.320 e. The molecule has 4 heteroatoms. The minimum Gasteiger partial charge on any atom is -0.480 e. The standard InChI is InChI=1S/C25H26N2O2/c1-18-17-26-15-14-22(18)24(27-16-6-5-9-23(27)25(28)29)21-12-10-20(11-13-21)19-7-3-2-4-8-19/h2-4,7-8,10-15,17,23-24H,5-6,9,16H2,1H3,(H,28,29). The largest absolute Gasteiger partial charge is 0.480 e. The van der Waals surface area contributed by atoms with Gasteiger partial charge < -0.3 is 5.11 Å². The molecular formula is C25H26N2O2. The zero-order valence-corrected chi connectivity index (χ0v) is 16.7. The fraction of sp³-hybridized carbons (Fsp3) is 0.280. The first-order valence-electron chi connectivity index (χ1n) is 10.2. The molecule has 2 unspecified atom stereocenters. The Balaban J connectivity index is 1.76. The van der Waals surface area contributed by atoms with E-state index in [1.54, 1.807) is 6.20 Å². The molecule has 1 aliphatic rings. The van der Waals surface area contributed by atoms with Crippen molar-refractivity contribution in [3.8, 4) is 11.1 Å². The van der Waals surface area contributed by atoms with E-state index in [0.717, 1.165) is 41.6 Å². The Morgan fingerprint density at radius 3 is 2.45 bits per heavy atom. The van der Waals surface area contributed by atoms with Crippen LogP contribution in [-0.2, 0) is 4.79 Å². The molecule has 1 aliphatic heterocycles. The molecule has 3 aromatic rings. The summed E-state index contributed by atoms with van der Waals surface area (Å²) in [4.78, 5) is 18.4. The quantitative estimate of drug-likeness (QED) is 0.664. The van der Waals surface area contributed by atoms with Gasteiger partial charge in [-0.25, -0.2) is 0 Å². The molecule has 2 atom stereocenters. The Labute approximate surface area is 171 Å². The van der Waals surface area contributed by atoms with Crippen LogP contribution in [0.3, 0.4) is 0 Å². The number of carboxylic acid groups (broad SMARTS) is 1. The predicted molar refractivity (Wildman–Crippen MR) is 115 cm³/mol. The van der Waals surface area contributed by atoms with Gasteiger partial charge in [-0.15, -0.1) is 0 Å². The molecule has 2 aromatic carbocycles. The van der Waals surface area contributed by atoms with Gasteiger partial charge in [0.05, 0.1) is 6.04 Å². The van der Waals surface area contributed by atoms with Crippen LogP contribution in [0, 0.1) is 6.92 Å². The van der Waals surface area contributed by atoms with Crippen molar-refractivity contribution in [1.82, 2.24) is 9.88 Å². The number of carboxylic acids is 1. The predicted octanol–water partition coefficient (Wildman–Crippen LogP) is 5.09. The van der Waals surface area contributed by atoms with Gasteiger partial charge in [0, 0.05) is 12.4 Å². The van der Waals surface area contributed by atoms with Crippen molar-refractivity contribution < 1.29 is 9.90 Å². The first kappa shape index (κ1) is 19.3. The van der Waals surface area contributed by atoms with E-state index in [1.165, 1.54) is 5.56 Å². The van der Waals surface area contributed by atoms with Gasteiger partial charge in [0.1, 0.15) is 6.04 Å². The Morgan fingerprint density at radius 2 is 1.76 bits per heavy atom. The summed E-state index contributed by atoms with van der Waals surface area (Å²) in [5.74, 6) is -0.734. The molecule has 0 radical (unpaired) electrons. The van der Waals surface area contributed by atoms with Crippen molar-refractivity contribution in [3.63, 3.8) is 0 Å². The molecule has 0 amide bonds. The third-order valence-corrected chi connectivity index (χ3v) is 5.85. The molecule has 0 spiro atoms. The number of aliphatic carboxylic acids is 1. The lowest BCUT2D eigenvalue weighted by atomic mass is 9.89. The molecule has 4 rings (SSSR count). The lowest BCUT2D eigenvalue weighted by molar-refractivity contribution is -0.145. The molecule has 4 nitrogen and oxygen atoms in total. The Kier molecular flexibility index (Phi) is 5.72. The SMILES string of the molecule is Cc1cnccc1C(c1ccc(-c2ccccc2)cc1)N1CCCCC1C(=O)O. The van der Waals surface area contributed by atoms with Gasteiger partial charge in [0.15, 0.2) is 0 Å². The summed E-state index contributed by atoms with van der Waals surface area (Å²) in [7, 11) is 0. The summed E-state index contributed by atoms with van der Waals surface area (Å²) in [6.07, 6.45) is 6.33. The number of hydrogen-bond donors (Lipinski definition) is 1. The molecular weight excluding hydrogens is 360 g/mol. The lowest BCUT2D eigenvalue weighted by Crippen LogP contribution is -2.47. The molecule has 1 N–H and O–H groups in total. The third kappa shape index (κ3) is 4.08. The number of nitrogens with zero attached hydrogens (tertiary/aromatic N) is 2. The highest BCUT2D eigenvalue weighted by Gasteiger charge is 2.35. The topological polar surface area (TPSA) is 53.4 Å². The number of rotatable bonds is 5. The molecule has 0 saturated carbocycles. The maximum atomic E-state index is 12.0. The van der Waals surface area contributed by atoms with E-state index >= 15 is 0 Å². The summed E-state index contributed by atoms with van der Waals surface area (Å²) in [5, 5.41) is 9.86. The normalized spacial score (nSPS) is 18.3. The summed E-state index contributed by atoms with van der Waals surface area (Å²) < 4.78 is 0. The number of aromatic nitrogens is 1. The van der Waals surface area contributed by atoms with E-state index in [-0.39, 0.29) is 6.04 Å². The monoisotopic (exact) mass is 386 g/mol. The Hall–Kier alpha value is -2.98. The van der Waals surface area contributed by atoms with E-state index in [2.05, 4.69) is 46.3 Å². The maximum absolute atomic E-state index is 12.0. The fourth-order valence-electron chi connectivity index (χ4n) is 4.36. The summed E-state index contributed by atoms with van der Waals surface area (Å²) in [6, 6.07) is 20.3. The second-order valence-electron chi connectivity index (χ2n) is 7.71. The number of aryl methyl sites for hydroxylation is 1. The van der Waals surface area contributed by atoms with Gasteiger partial charge in [0.2, 0.25) is 0 Å². The van der Waals surface area contributed by atoms with Crippen LogP contribution in [0.15, 0.2) is 73.1 Å². The molecule has 1 saturated heterocycles. The van der Waals surface area contributed by atoms with Gasteiger partial charge in [-0.1, -0.05) is 61.0 Å². The number of pyridine rings is 1. The average molecular weight is 386 g/mol. The van der Waals surface area contributed by atoms with Gasteiger partial charge >= 0.3 is 5.97 Å². The third-order valence-electron chi connectivity index (χ3n) is 5.85. The second kappa shape index (κ2) is 8.58. The molecule has 148 valence electrons. The molecule has 0 bridgehead atoms. The summed E-state index contributed by atoms with van der Waals surface area (Å²) in [6.45, 7) is 2.83. The van der Waals surface area contributed by atoms with E-state index in [0.29, 0.717) is 6.42 Å². The highest BCUT2D eigenvalue weighted by atomic mass is 16.4. The van der Waals surface area contributed by atoms with Crippen LogP contribution in [0.5, 0.6) is 0 Å². The average Bonchev–Trinajstić information content (AvgIpc) is 2.77. The van der Waals surface area contributed by atoms with Crippen LogP contribution in [0.25, 0.3) is 11.1 Å². The van der Waals surface area contributed by atoms with Crippen molar-refractivity contribution in [2.24, 2.45) is 0 Å². The summed E-state index contributed by atoms with van der Waals surface area (Å²) >= 11 is 0. The van der Waals surface area contributed by atoms with Crippen LogP contribution in [0.2, 0.25) is 0 Å². The molecule has 0 aliphatic carbocycles. The number of carbonyl (C=O) groups is 1. The zero-order valence-electron chi connectivity index (χ0n) is 16.7. The van der Waals surface area contributed by atoms with Crippen LogP contribution >= 0.6 is 0 Å². The van der Waals surface area contributed by atoms with Gasteiger partial charge in [-0.05, 0) is 60.2 Å². The first-order chi connectivity index (χ1) is 14.1. The van der Waals surface area contributed by atoms with Crippen LogP contribution in [0.4, 0.5) is 0 Å². The van der Waals surface area contributed by atoms with Crippen LogP contribution < -0.4 is 0 Å². The minimum atomic E-state index is -0.734. The van der Waals surface area contributed by atoms with Crippen molar-refractivity contribution >= 4 is 5.97 Å². The van der Waals surface area contributed by atoms with Crippen LogP contribution in [0.1, 0.15) is 42.0 Å². The number of benzene rings is 2. The Bertz CT molecular complexity index is 970. The Morgan fingerprint density at radius 1 is 1.03 bits per heavy atom. The number of likely N-dealkylation sites (tertiary alicyclic amines) is 1. The van der Waals surface area contributed by atoms with Gasteiger partial charge in [0.25, 0.3) is 0 Å². The van der Waals surface area contributed by atoms with Crippen molar-refractivity contribution in [2.45, 2.75) is 38.3 Å². The number of hydrogen-bond acceptors (Lipinski definition) is 3. The molecule has 1 aromatic heterocycles. The first-order valence-corrected chi connectivity index (χ1v) is 10.2. The minimum absolute atomic E-state index is 0.0933. The van der Waals surface area contributed by atoms with E-state index in [4.69, 9.17) is 0 Å². The smallest absolute Gasteiger partial charge is 0.320 e. The van der Waals surface area contributed by atoms with Gasteiger partial charge in [-0.3, -0.25) is 14.7 Å². The van der Waals surface area contributed by atoms with Crippen molar-refractivity contribution in [3.05, 3.63) is 89.7 Å². The van der Waals surface area contributed by atoms with E-state index in [9.17, 15) is 9.90 Å². The summed E-state index contributed by atoms with van der Waals surface area (Å²) in [5.41, 5.74) is 5.66. The van der Waals surface area contributed by atoms with Crippen LogP contribution in [-0.4, -0.2) is 33.5 Å². The lowest BCUT2D eigenvalue weighted by Gasteiger charge is -2.40. The van der Waals surface area contributed by atoms with Crippen molar-refractivity contribution in [2.75, 3.05) is 6.54 Å². The van der Waals surface area contributed by atoms with Gasteiger partial charge in [-0.2, -0.15) is 0 Å². The highest BCUT2D eigenvalue weighted by molar-refractivity contribution is 5.74. The molecule has 1 fully saturated rings. The molecule has 29 heavy (non-hydrogen) atoms. The van der Waals surface area contributed by atoms with E-state index < -0.39 is 12.0 Å². The van der Waals surface area contributed by atoms with Crippen molar-refractivity contribution in [1.29, 1.82) is 0 Å².